The van der Waals surface area contributed by atoms with Crippen molar-refractivity contribution in [3.05, 3.63) is 0 Å². The second kappa shape index (κ2) is 5.59. The molecule has 5 nitrogen and oxygen atoms in total. The molecule has 0 aromatic rings. The van der Waals surface area contributed by atoms with Crippen LogP contribution in [0.5, 0.6) is 0 Å². The van der Waals surface area contributed by atoms with Gasteiger partial charge in [-0.15, -0.1) is 0 Å². The Labute approximate surface area is 125 Å². The maximum atomic E-state index is 12.4. The van der Waals surface area contributed by atoms with Crippen LogP contribution in [0.1, 0.15) is 51.4 Å². The predicted molar refractivity (Wildman–Crippen MR) is 78.8 cm³/mol. The summed E-state index contributed by atoms with van der Waals surface area (Å²) in [5.41, 5.74) is -0.498. The molecule has 5 heteroatoms. The SMILES string of the molecule is O=C(NCC1(C(=O)O)CCCCC1)C1CC12CCNCC2. The van der Waals surface area contributed by atoms with E-state index >= 15 is 0 Å². The van der Waals surface area contributed by atoms with Crippen molar-refractivity contribution in [1.29, 1.82) is 0 Å². The lowest BCUT2D eigenvalue weighted by Crippen LogP contribution is -2.45. The molecule has 2 saturated carbocycles. The van der Waals surface area contributed by atoms with Crippen LogP contribution in [0.25, 0.3) is 0 Å². The van der Waals surface area contributed by atoms with Crippen molar-refractivity contribution in [2.24, 2.45) is 16.7 Å². The van der Waals surface area contributed by atoms with Crippen molar-refractivity contribution < 1.29 is 14.7 Å². The van der Waals surface area contributed by atoms with E-state index in [9.17, 15) is 14.7 Å². The molecule has 1 heterocycles. The van der Waals surface area contributed by atoms with Gasteiger partial charge in [0.15, 0.2) is 0 Å². The van der Waals surface area contributed by atoms with Crippen molar-refractivity contribution in [1.82, 2.24) is 10.6 Å². The summed E-state index contributed by atoms with van der Waals surface area (Å²) in [6.07, 6.45) is 7.57. The molecule has 0 aromatic carbocycles. The molecule has 21 heavy (non-hydrogen) atoms. The molecule has 3 rings (SSSR count). The summed E-state index contributed by atoms with van der Waals surface area (Å²) in [6, 6.07) is 0. The average molecular weight is 294 g/mol. The Hall–Kier alpha value is -1.10. The number of piperidine rings is 1. The van der Waals surface area contributed by atoms with Crippen LogP contribution >= 0.6 is 0 Å². The molecule has 3 aliphatic rings. The van der Waals surface area contributed by atoms with Crippen LogP contribution in [0.4, 0.5) is 0 Å². The van der Waals surface area contributed by atoms with Gasteiger partial charge in [-0.2, -0.15) is 0 Å². The van der Waals surface area contributed by atoms with Crippen molar-refractivity contribution in [3.8, 4) is 0 Å². The molecule has 1 atom stereocenters. The van der Waals surface area contributed by atoms with Crippen molar-refractivity contribution in [2.75, 3.05) is 19.6 Å². The molecule has 0 radical (unpaired) electrons. The zero-order valence-corrected chi connectivity index (χ0v) is 12.6. The number of nitrogens with one attached hydrogen (secondary N) is 2. The topological polar surface area (TPSA) is 78.4 Å². The number of carbonyl (C=O) groups excluding carboxylic acids is 1. The first-order valence-electron chi connectivity index (χ1n) is 8.30. The van der Waals surface area contributed by atoms with Crippen LogP contribution < -0.4 is 10.6 Å². The van der Waals surface area contributed by atoms with Gasteiger partial charge in [-0.3, -0.25) is 9.59 Å². The Kier molecular flexibility index (Phi) is 3.95. The lowest BCUT2D eigenvalue weighted by molar-refractivity contribution is -0.151. The quantitative estimate of drug-likeness (QED) is 0.734. The lowest BCUT2D eigenvalue weighted by Gasteiger charge is -2.33. The second-order valence-electron chi connectivity index (χ2n) is 7.23. The fourth-order valence-corrected chi connectivity index (χ4v) is 4.27. The second-order valence-corrected chi connectivity index (χ2v) is 7.23. The number of rotatable bonds is 4. The Morgan fingerprint density at radius 1 is 1.10 bits per heavy atom. The molecule has 0 bridgehead atoms. The van der Waals surface area contributed by atoms with Gasteiger partial charge in [-0.1, -0.05) is 19.3 Å². The van der Waals surface area contributed by atoms with Gasteiger partial charge in [0.05, 0.1) is 5.41 Å². The number of amides is 1. The molecule has 1 amide bonds. The molecule has 0 aromatic heterocycles. The number of carboxylic acid groups (broad SMARTS) is 1. The van der Waals surface area contributed by atoms with Crippen LogP contribution in [-0.2, 0) is 9.59 Å². The Morgan fingerprint density at radius 2 is 1.76 bits per heavy atom. The first kappa shape index (κ1) is 14.8. The molecule has 1 unspecified atom stereocenters. The van der Waals surface area contributed by atoms with E-state index in [4.69, 9.17) is 0 Å². The Morgan fingerprint density at radius 3 is 2.38 bits per heavy atom. The van der Waals surface area contributed by atoms with Gasteiger partial charge in [0.25, 0.3) is 0 Å². The minimum absolute atomic E-state index is 0.0862. The van der Waals surface area contributed by atoms with Crippen molar-refractivity contribution >= 4 is 11.9 Å². The highest BCUT2D eigenvalue weighted by molar-refractivity contribution is 5.83. The molecular weight excluding hydrogens is 268 g/mol. The van der Waals surface area contributed by atoms with Crippen LogP contribution in [0.15, 0.2) is 0 Å². The third-order valence-electron chi connectivity index (χ3n) is 5.97. The summed E-state index contributed by atoms with van der Waals surface area (Å²) in [6.45, 7) is 2.32. The normalized spacial score (nSPS) is 29.8. The number of carboxylic acids is 1. The third-order valence-corrected chi connectivity index (χ3v) is 5.97. The van der Waals surface area contributed by atoms with Gasteiger partial charge >= 0.3 is 5.97 Å². The summed E-state index contributed by atoms with van der Waals surface area (Å²) in [5.74, 6) is -0.535. The Balaban J connectivity index is 1.54. The minimum atomic E-state index is -0.741. The molecular formula is C16H26N2O3. The summed E-state index contributed by atoms with van der Waals surface area (Å²) >= 11 is 0. The van der Waals surface area contributed by atoms with Gasteiger partial charge < -0.3 is 15.7 Å². The number of carbonyl (C=O) groups is 2. The fourth-order valence-electron chi connectivity index (χ4n) is 4.27. The highest BCUT2D eigenvalue weighted by Crippen LogP contribution is 2.58. The first-order valence-corrected chi connectivity index (χ1v) is 8.30. The summed E-state index contributed by atoms with van der Waals surface area (Å²) in [5, 5.41) is 15.8. The van der Waals surface area contributed by atoms with E-state index in [2.05, 4.69) is 10.6 Å². The van der Waals surface area contributed by atoms with E-state index < -0.39 is 11.4 Å². The van der Waals surface area contributed by atoms with Crippen LogP contribution in [0, 0.1) is 16.7 Å². The minimum Gasteiger partial charge on any atom is -0.481 e. The van der Waals surface area contributed by atoms with E-state index in [-0.39, 0.29) is 17.2 Å². The van der Waals surface area contributed by atoms with Gasteiger partial charge in [-0.05, 0) is 50.6 Å². The standard InChI is InChI=1S/C16H26N2O3/c19-13(12-10-15(12)6-8-17-9-7-15)18-11-16(14(20)21)4-2-1-3-5-16/h12,17H,1-11H2,(H,18,19)(H,20,21). The van der Waals surface area contributed by atoms with Crippen LogP contribution in [0.2, 0.25) is 0 Å². The summed E-state index contributed by atoms with van der Waals surface area (Å²) in [7, 11) is 0. The van der Waals surface area contributed by atoms with E-state index in [1.165, 1.54) is 0 Å². The maximum absolute atomic E-state index is 12.4. The Bertz CT molecular complexity index is 423. The molecule has 1 spiro atoms. The van der Waals surface area contributed by atoms with Gasteiger partial charge in [0.2, 0.25) is 5.91 Å². The molecule has 3 N–H and O–H groups in total. The van der Waals surface area contributed by atoms with E-state index in [1.54, 1.807) is 0 Å². The molecule has 2 aliphatic carbocycles. The van der Waals surface area contributed by atoms with E-state index in [0.29, 0.717) is 19.4 Å². The molecule has 1 aliphatic heterocycles. The largest absolute Gasteiger partial charge is 0.481 e. The van der Waals surface area contributed by atoms with Crippen molar-refractivity contribution in [2.45, 2.75) is 51.4 Å². The lowest BCUT2D eigenvalue weighted by atomic mass is 9.74. The number of hydrogen-bond donors (Lipinski definition) is 3. The maximum Gasteiger partial charge on any atom is 0.311 e. The zero-order chi connectivity index (χ0) is 14.9. The van der Waals surface area contributed by atoms with Crippen molar-refractivity contribution in [3.63, 3.8) is 0 Å². The van der Waals surface area contributed by atoms with E-state index in [0.717, 1.165) is 51.6 Å². The zero-order valence-electron chi connectivity index (χ0n) is 12.6. The summed E-state index contributed by atoms with van der Waals surface area (Å²) < 4.78 is 0. The van der Waals surface area contributed by atoms with E-state index in [1.807, 2.05) is 0 Å². The van der Waals surface area contributed by atoms with Crippen LogP contribution in [0.3, 0.4) is 0 Å². The number of aliphatic carboxylic acids is 1. The molecule has 3 fully saturated rings. The fraction of sp³-hybridized carbons (Fsp3) is 0.875. The van der Waals surface area contributed by atoms with Gasteiger partial charge in [0.1, 0.15) is 0 Å². The van der Waals surface area contributed by atoms with Crippen LogP contribution in [-0.4, -0.2) is 36.6 Å². The average Bonchev–Trinajstić information content (AvgIpc) is 3.19. The highest BCUT2D eigenvalue weighted by atomic mass is 16.4. The monoisotopic (exact) mass is 294 g/mol. The van der Waals surface area contributed by atoms with Gasteiger partial charge in [-0.25, -0.2) is 0 Å². The predicted octanol–water partition coefficient (Wildman–Crippen LogP) is 1.53. The third kappa shape index (κ3) is 2.80. The van der Waals surface area contributed by atoms with Gasteiger partial charge in [0, 0.05) is 12.5 Å². The molecule has 1 saturated heterocycles. The summed E-state index contributed by atoms with van der Waals surface area (Å²) in [4.78, 5) is 24.0. The number of hydrogen-bond acceptors (Lipinski definition) is 3. The highest BCUT2D eigenvalue weighted by Gasteiger charge is 2.57. The smallest absolute Gasteiger partial charge is 0.311 e. The molecule has 118 valence electrons. The first-order chi connectivity index (χ1) is 10.1.